The zero-order chi connectivity index (χ0) is 16.3. The maximum absolute atomic E-state index is 10.7. The smallest absolute Gasteiger partial charge is 0.132 e. The molecular formula is C20H24O2. The quantitative estimate of drug-likeness (QED) is 0.715. The number of fused-ring (bicyclic) bond motifs is 3. The Morgan fingerprint density at radius 1 is 1.05 bits per heavy atom. The van der Waals surface area contributed by atoms with Gasteiger partial charge >= 0.3 is 0 Å². The van der Waals surface area contributed by atoms with Gasteiger partial charge in [0.25, 0.3) is 0 Å². The lowest BCUT2D eigenvalue weighted by Crippen LogP contribution is -2.30. The van der Waals surface area contributed by atoms with E-state index in [2.05, 4.69) is 59.7 Å². The van der Waals surface area contributed by atoms with E-state index in [1.54, 1.807) is 0 Å². The molecule has 0 saturated carbocycles. The zero-order valence-corrected chi connectivity index (χ0v) is 14.2. The van der Waals surface area contributed by atoms with Crippen LogP contribution < -0.4 is 4.74 Å². The molecule has 0 aliphatic carbocycles. The Morgan fingerprint density at radius 3 is 2.36 bits per heavy atom. The van der Waals surface area contributed by atoms with Gasteiger partial charge in [-0.3, -0.25) is 0 Å². The summed E-state index contributed by atoms with van der Waals surface area (Å²) in [6.07, 6.45) is 0. The summed E-state index contributed by atoms with van der Waals surface area (Å²) in [4.78, 5) is 0. The van der Waals surface area contributed by atoms with Crippen molar-refractivity contribution < 1.29 is 9.84 Å². The highest BCUT2D eigenvalue weighted by Crippen LogP contribution is 2.51. The molecule has 0 saturated heterocycles. The van der Waals surface area contributed by atoms with E-state index >= 15 is 0 Å². The van der Waals surface area contributed by atoms with E-state index in [1.165, 1.54) is 0 Å². The van der Waals surface area contributed by atoms with Crippen LogP contribution in [0.4, 0.5) is 0 Å². The normalized spacial score (nSPS) is 15.7. The summed E-state index contributed by atoms with van der Waals surface area (Å²) in [5.41, 5.74) is 4.85. The second-order valence-electron chi connectivity index (χ2n) is 7.73. The van der Waals surface area contributed by atoms with Gasteiger partial charge in [-0.1, -0.05) is 39.0 Å². The van der Waals surface area contributed by atoms with Crippen LogP contribution >= 0.6 is 0 Å². The SMILES string of the molecule is Cc1cccc2c1-c1c(O)cc(C(C)(C)C)cc1OC2(C)C. The Kier molecular flexibility index (Phi) is 3.07. The topological polar surface area (TPSA) is 29.5 Å². The van der Waals surface area contributed by atoms with E-state index in [-0.39, 0.29) is 5.41 Å². The fourth-order valence-electron chi connectivity index (χ4n) is 3.20. The second kappa shape index (κ2) is 4.52. The van der Waals surface area contributed by atoms with Crippen LogP contribution in [0.1, 0.15) is 51.3 Å². The van der Waals surface area contributed by atoms with Gasteiger partial charge in [0.1, 0.15) is 17.1 Å². The van der Waals surface area contributed by atoms with Crippen molar-refractivity contribution >= 4 is 0 Å². The predicted molar refractivity (Wildman–Crippen MR) is 90.6 cm³/mol. The van der Waals surface area contributed by atoms with Crippen LogP contribution in [0.3, 0.4) is 0 Å². The van der Waals surface area contributed by atoms with E-state index in [0.717, 1.165) is 33.6 Å². The number of phenolic OH excluding ortho intramolecular Hbond substituents is 1. The maximum Gasteiger partial charge on any atom is 0.132 e. The number of hydrogen-bond donors (Lipinski definition) is 1. The highest BCUT2D eigenvalue weighted by atomic mass is 16.5. The van der Waals surface area contributed by atoms with Crippen molar-refractivity contribution in [2.24, 2.45) is 0 Å². The van der Waals surface area contributed by atoms with Crippen molar-refractivity contribution in [2.75, 3.05) is 0 Å². The van der Waals surface area contributed by atoms with Crippen molar-refractivity contribution in [2.45, 2.75) is 52.6 Å². The van der Waals surface area contributed by atoms with Gasteiger partial charge in [0, 0.05) is 5.56 Å². The molecule has 0 amide bonds. The van der Waals surface area contributed by atoms with Gasteiger partial charge in [0.15, 0.2) is 0 Å². The molecule has 3 rings (SSSR count). The number of aromatic hydroxyl groups is 1. The summed E-state index contributed by atoms with van der Waals surface area (Å²) in [5, 5.41) is 10.7. The van der Waals surface area contributed by atoms with Gasteiger partial charge in [-0.05, 0) is 55.0 Å². The molecule has 0 bridgehead atoms. The standard InChI is InChI=1S/C20H24O2/c1-12-8-7-9-14-17(12)18-15(21)10-13(19(2,3)4)11-16(18)22-20(14,5)6/h7-11,21H,1-6H3. The minimum absolute atomic E-state index is 0.0357. The van der Waals surface area contributed by atoms with Crippen molar-refractivity contribution in [1.82, 2.24) is 0 Å². The highest BCUT2D eigenvalue weighted by Gasteiger charge is 2.35. The lowest BCUT2D eigenvalue weighted by atomic mass is 9.80. The summed E-state index contributed by atoms with van der Waals surface area (Å²) in [6.45, 7) is 12.7. The molecule has 1 aliphatic rings. The molecule has 2 aromatic rings. The zero-order valence-electron chi connectivity index (χ0n) is 14.2. The third-order valence-corrected chi connectivity index (χ3v) is 4.48. The molecule has 1 N–H and O–H groups in total. The summed E-state index contributed by atoms with van der Waals surface area (Å²) < 4.78 is 6.26. The minimum Gasteiger partial charge on any atom is -0.507 e. The molecule has 0 fully saturated rings. The summed E-state index contributed by atoms with van der Waals surface area (Å²) in [5.74, 6) is 1.07. The second-order valence-corrected chi connectivity index (χ2v) is 7.73. The van der Waals surface area contributed by atoms with Crippen LogP contribution in [0, 0.1) is 6.92 Å². The lowest BCUT2D eigenvalue weighted by Gasteiger charge is -2.37. The van der Waals surface area contributed by atoms with E-state index in [9.17, 15) is 5.11 Å². The lowest BCUT2D eigenvalue weighted by molar-refractivity contribution is 0.105. The molecule has 0 unspecified atom stereocenters. The van der Waals surface area contributed by atoms with E-state index in [1.807, 2.05) is 12.1 Å². The Bertz CT molecular complexity index is 749. The molecular weight excluding hydrogens is 272 g/mol. The number of aryl methyl sites for hydroxylation is 1. The molecule has 0 spiro atoms. The Balaban J connectivity index is 2.35. The fraction of sp³-hybridized carbons (Fsp3) is 0.400. The number of hydrogen-bond acceptors (Lipinski definition) is 2. The first-order valence-electron chi connectivity index (χ1n) is 7.78. The largest absolute Gasteiger partial charge is 0.507 e. The monoisotopic (exact) mass is 296 g/mol. The molecule has 1 heterocycles. The van der Waals surface area contributed by atoms with Crippen LogP contribution in [0.25, 0.3) is 11.1 Å². The summed E-state index contributed by atoms with van der Waals surface area (Å²) in [6, 6.07) is 10.2. The number of benzene rings is 2. The third-order valence-electron chi connectivity index (χ3n) is 4.48. The molecule has 0 radical (unpaired) electrons. The number of ether oxygens (including phenoxy) is 1. The van der Waals surface area contributed by atoms with Gasteiger partial charge in [0.05, 0.1) is 5.56 Å². The van der Waals surface area contributed by atoms with E-state index in [4.69, 9.17) is 4.74 Å². The maximum atomic E-state index is 10.7. The van der Waals surface area contributed by atoms with Crippen LogP contribution in [0.2, 0.25) is 0 Å². The fourth-order valence-corrected chi connectivity index (χ4v) is 3.20. The van der Waals surface area contributed by atoms with Gasteiger partial charge < -0.3 is 9.84 Å². The predicted octanol–water partition coefficient (Wildman–Crippen LogP) is 5.29. The molecule has 116 valence electrons. The van der Waals surface area contributed by atoms with Crippen molar-refractivity contribution in [3.8, 4) is 22.6 Å². The number of rotatable bonds is 0. The van der Waals surface area contributed by atoms with Gasteiger partial charge in [0.2, 0.25) is 0 Å². The number of phenols is 1. The van der Waals surface area contributed by atoms with Crippen molar-refractivity contribution in [3.05, 3.63) is 47.0 Å². The average Bonchev–Trinajstić information content (AvgIpc) is 2.37. The van der Waals surface area contributed by atoms with Gasteiger partial charge in [-0.15, -0.1) is 0 Å². The third kappa shape index (κ3) is 2.18. The van der Waals surface area contributed by atoms with E-state index in [0.29, 0.717) is 5.75 Å². The average molecular weight is 296 g/mol. The first kappa shape index (κ1) is 15.0. The molecule has 1 aliphatic heterocycles. The summed E-state index contributed by atoms with van der Waals surface area (Å²) >= 11 is 0. The van der Waals surface area contributed by atoms with Crippen LogP contribution in [0.15, 0.2) is 30.3 Å². The van der Waals surface area contributed by atoms with Crippen LogP contribution in [-0.4, -0.2) is 5.11 Å². The molecule has 0 atom stereocenters. The van der Waals surface area contributed by atoms with Gasteiger partial charge in [-0.25, -0.2) is 0 Å². The molecule has 2 nitrogen and oxygen atoms in total. The molecule has 0 aromatic heterocycles. The van der Waals surface area contributed by atoms with Crippen molar-refractivity contribution in [1.29, 1.82) is 0 Å². The minimum atomic E-state index is -0.405. The first-order valence-corrected chi connectivity index (χ1v) is 7.78. The van der Waals surface area contributed by atoms with Crippen LogP contribution in [0.5, 0.6) is 11.5 Å². The Morgan fingerprint density at radius 2 is 1.73 bits per heavy atom. The molecule has 22 heavy (non-hydrogen) atoms. The van der Waals surface area contributed by atoms with E-state index < -0.39 is 5.60 Å². The first-order chi connectivity index (χ1) is 10.1. The van der Waals surface area contributed by atoms with Crippen LogP contribution in [-0.2, 0) is 11.0 Å². The Labute approximate surface area is 132 Å². The van der Waals surface area contributed by atoms with Crippen molar-refractivity contribution in [3.63, 3.8) is 0 Å². The highest BCUT2D eigenvalue weighted by molar-refractivity contribution is 5.84. The Hall–Kier alpha value is -1.96. The molecule has 2 heteroatoms. The summed E-state index contributed by atoms with van der Waals surface area (Å²) in [7, 11) is 0. The molecule has 2 aromatic carbocycles. The van der Waals surface area contributed by atoms with Gasteiger partial charge in [-0.2, -0.15) is 0 Å².